The number of ketones is 3. The maximum atomic E-state index is 13.8. The molecule has 8 aromatic rings. The summed E-state index contributed by atoms with van der Waals surface area (Å²) in [5, 5.41) is 32.0. The maximum Gasteiger partial charge on any atom is 0.338 e. The van der Waals surface area contributed by atoms with Crippen LogP contribution in [0.1, 0.15) is 133 Å². The number of ether oxygens (including phenoxy) is 2. The highest BCUT2D eigenvalue weighted by Crippen LogP contribution is 2.44. The van der Waals surface area contributed by atoms with Crippen LogP contribution in [0.25, 0.3) is 0 Å². The van der Waals surface area contributed by atoms with E-state index >= 15 is 0 Å². The van der Waals surface area contributed by atoms with Crippen LogP contribution < -0.4 is 21.3 Å². The van der Waals surface area contributed by atoms with E-state index in [2.05, 4.69) is 83.0 Å². The van der Waals surface area contributed by atoms with Gasteiger partial charge in [0.15, 0.2) is 60.7 Å². The number of rotatable bonds is 30. The number of aromatic nitrogens is 4. The van der Waals surface area contributed by atoms with Crippen molar-refractivity contribution < 1.29 is 73.7 Å². The van der Waals surface area contributed by atoms with E-state index < -0.39 is 79.1 Å². The Morgan fingerprint density at radius 1 is 0.472 bits per heavy atom. The number of esters is 1. The first-order chi connectivity index (χ1) is 60.0. The van der Waals surface area contributed by atoms with Crippen molar-refractivity contribution in [3.8, 4) is 0 Å². The minimum Gasteiger partial charge on any atom is -0.480 e. The molecule has 660 valence electrons. The summed E-state index contributed by atoms with van der Waals surface area (Å²) < 4.78 is 120. The van der Waals surface area contributed by atoms with E-state index in [4.69, 9.17) is 52.8 Å². The minimum atomic E-state index is -2.76. The van der Waals surface area contributed by atoms with Crippen LogP contribution in [0.15, 0.2) is 193 Å². The van der Waals surface area contributed by atoms with E-state index in [0.717, 1.165) is 11.8 Å². The lowest BCUT2D eigenvalue weighted by Gasteiger charge is -2.40. The van der Waals surface area contributed by atoms with Gasteiger partial charge in [-0.25, -0.2) is 64.6 Å². The van der Waals surface area contributed by atoms with Gasteiger partial charge in [0, 0.05) is 201 Å². The number of aliphatic carboxylic acids is 1. The van der Waals surface area contributed by atoms with Gasteiger partial charge < -0.3 is 35.8 Å². The molecule has 0 saturated carbocycles. The van der Waals surface area contributed by atoms with Crippen molar-refractivity contribution in [2.24, 2.45) is 20.0 Å². The molecule has 4 fully saturated rings. The highest BCUT2D eigenvalue weighted by Gasteiger charge is 2.46. The summed E-state index contributed by atoms with van der Waals surface area (Å²) in [5.41, 5.74) is 6.56. The van der Waals surface area contributed by atoms with E-state index in [-0.39, 0.29) is 70.5 Å². The van der Waals surface area contributed by atoms with Crippen molar-refractivity contribution in [1.29, 1.82) is 0 Å². The van der Waals surface area contributed by atoms with E-state index in [1.807, 2.05) is 46.7 Å². The Kier molecular flexibility index (Phi) is 32.0. The highest BCUT2D eigenvalue weighted by atomic mass is 79.9. The molecule has 4 aromatic carbocycles. The smallest absolute Gasteiger partial charge is 0.338 e. The number of carboxylic acids is 1. The lowest BCUT2D eigenvalue weighted by molar-refractivity contribution is -0.148. The molecule has 12 heterocycles. The Morgan fingerprint density at radius 3 is 1.08 bits per heavy atom. The summed E-state index contributed by atoms with van der Waals surface area (Å²) in [6, 6.07) is 13.9. The monoisotopic (exact) mass is 1960 g/mol. The standard InChI is InChI=1S/C23H24BrFN4O4S.C21H21BrF2N4OS.C21H21ClF2N4OS.C20H18ClF3N4O2S/c1-2-3-18(30)20-17(11-29-9-14(10-29)33-12-19(31)32)27-22(23-26-6-7-34-23)28-21(20)15-5-4-13(25)8-16(15)24;2*1-2-3-17(29)18-16(11-28-9-13(24)10-28)26-20(21-25-6-7-30-21)27-19(18)14-5-4-12(23)8-15(14)22;1-2-30-19(29)15-14(8-28-9-20(23,24)10-28)26-17(18-25-5-6-31-18)27-16(15)12-4-3-11(22)7-13(12)21/h4-8,14,21H,2-3,9-12H2,1H3,(H,27,28)(H,31,32);2*4-8,13,19H,2-3,9-11H2,1H3,(H,26,27);3-7,16H,2,8-10H2,1H3,(H,26,27)/t21-;2*19-;16-/m0000/s1. The molecule has 125 heavy (non-hydrogen) atoms. The first-order valence-electron chi connectivity index (χ1n) is 39.9. The molecule has 4 saturated heterocycles. The highest BCUT2D eigenvalue weighted by molar-refractivity contribution is 9.10. The van der Waals surface area contributed by atoms with E-state index in [1.54, 1.807) is 55.3 Å². The molecular formula is C85H84Br2Cl2F8N16O8S4. The molecule has 0 amide bonds. The molecule has 0 radical (unpaired) electrons. The number of carbonyl (C=O) groups is 5. The molecule has 8 aliphatic heterocycles. The molecular weight excluding hydrogens is 1880 g/mol. The summed E-state index contributed by atoms with van der Waals surface area (Å²) >= 11 is 25.1. The van der Waals surface area contributed by atoms with Crippen LogP contribution in [-0.4, -0.2) is 213 Å². The third-order valence-corrected chi connectivity index (χ3v) is 25.7. The fourth-order valence-electron chi connectivity index (χ4n) is 14.8. The summed E-state index contributed by atoms with van der Waals surface area (Å²) in [7, 11) is 0. The maximum absolute atomic E-state index is 13.8. The molecule has 4 aromatic heterocycles. The molecule has 0 bridgehead atoms. The summed E-state index contributed by atoms with van der Waals surface area (Å²) in [6.45, 7) is 10.2. The summed E-state index contributed by atoms with van der Waals surface area (Å²) in [4.78, 5) is 107. The quantitative estimate of drug-likeness (QED) is 0.0206. The number of alkyl halides is 4. The zero-order valence-corrected chi connectivity index (χ0v) is 75.5. The van der Waals surface area contributed by atoms with Crippen molar-refractivity contribution in [3.05, 3.63) is 249 Å². The normalized spacial score (nSPS) is 19.9. The fourth-order valence-corrected chi connectivity index (χ4v) is 18.8. The second-order valence-corrected chi connectivity index (χ2v) is 36.0. The Morgan fingerprint density at radius 2 is 0.784 bits per heavy atom. The van der Waals surface area contributed by atoms with E-state index in [9.17, 15) is 59.1 Å². The van der Waals surface area contributed by atoms with Gasteiger partial charge in [-0.1, -0.05) is 100 Å². The Labute approximate surface area is 757 Å². The number of aliphatic imine (C=N–C) groups is 4. The van der Waals surface area contributed by atoms with Crippen LogP contribution in [0.5, 0.6) is 0 Å². The second kappa shape index (κ2) is 42.7. The van der Waals surface area contributed by atoms with E-state index in [0.29, 0.717) is 206 Å². The summed E-state index contributed by atoms with van der Waals surface area (Å²) in [5.74, 6) is -4.22. The lowest BCUT2D eigenvalue weighted by atomic mass is 9.90. The zero-order valence-electron chi connectivity index (χ0n) is 67.6. The first-order valence-corrected chi connectivity index (χ1v) is 45.8. The van der Waals surface area contributed by atoms with Crippen molar-refractivity contribution in [3.63, 3.8) is 0 Å². The van der Waals surface area contributed by atoms with Gasteiger partial charge in [0.05, 0.1) is 31.4 Å². The largest absolute Gasteiger partial charge is 0.480 e. The van der Waals surface area contributed by atoms with Gasteiger partial charge in [-0.2, -0.15) is 0 Å². The van der Waals surface area contributed by atoms with Gasteiger partial charge in [0.1, 0.15) is 66.4 Å². The molecule has 40 heteroatoms. The van der Waals surface area contributed by atoms with Gasteiger partial charge in [0.25, 0.3) is 5.92 Å². The molecule has 4 atom stereocenters. The molecule has 0 aliphatic carbocycles. The predicted octanol–water partition coefficient (Wildman–Crippen LogP) is 16.1. The lowest BCUT2D eigenvalue weighted by Crippen LogP contribution is -2.57. The van der Waals surface area contributed by atoms with Gasteiger partial charge in [-0.15, -0.1) is 45.3 Å². The van der Waals surface area contributed by atoms with Crippen molar-refractivity contribution in [2.75, 3.05) is 91.8 Å². The van der Waals surface area contributed by atoms with Crippen LogP contribution in [0.4, 0.5) is 35.1 Å². The van der Waals surface area contributed by atoms with Gasteiger partial charge >= 0.3 is 11.9 Å². The van der Waals surface area contributed by atoms with Gasteiger partial charge in [0.2, 0.25) is 0 Å². The average molecular weight is 1970 g/mol. The van der Waals surface area contributed by atoms with Crippen LogP contribution in [0, 0.1) is 23.3 Å². The topological polar surface area (TPSA) is 286 Å². The number of nitrogens with zero attached hydrogens (tertiary/aromatic N) is 12. The molecule has 5 N–H and O–H groups in total. The SMILES string of the molecule is CCCC(=O)C1=C(CN2CC(F)C2)NC(c2nccs2)=N[C@H]1c1ccc(F)cc1Br.CCCC(=O)C1=C(CN2CC(F)C2)NC(c2nccs2)=N[C@H]1c1ccc(F)cc1Cl.CCCC(=O)C1=C(CN2CC(OCC(=O)O)C2)NC(c2nccs2)=N[C@H]1c1ccc(F)cc1Br.CCOC(=O)C1=C(CN2CC(F)(F)C2)NC(c2nccs2)=N[C@H]1c1ccc(F)cc1Cl. The number of Topliss-reactive ketones (excluding diaryl/α,β-unsaturated/α-hetero) is 3. The van der Waals surface area contributed by atoms with Gasteiger partial charge in [-0.3, -0.25) is 54.0 Å². The predicted molar refractivity (Wildman–Crippen MR) is 471 cm³/mol. The second-order valence-electron chi connectivity index (χ2n) is 29.9. The van der Waals surface area contributed by atoms with E-state index in [1.165, 1.54) is 98.8 Å². The van der Waals surface area contributed by atoms with Crippen molar-refractivity contribution >= 4 is 153 Å². The number of carboxylic acid groups (broad SMARTS) is 1. The Balaban J connectivity index is 0.000000143. The summed E-state index contributed by atoms with van der Waals surface area (Å²) in [6.07, 6.45) is 7.97. The number of hydrogen-bond acceptors (Lipinski definition) is 27. The number of nitrogens with one attached hydrogen (secondary N) is 4. The number of likely N-dealkylation sites (tertiary alicyclic amines) is 4. The number of halogens is 12. The average Bonchev–Trinajstić information content (AvgIpc) is 1.64. The Hall–Kier alpha value is -9.03. The van der Waals surface area contributed by atoms with Crippen molar-refractivity contribution in [2.45, 2.75) is 115 Å². The fraction of sp³-hybridized carbons (Fsp3) is 0.376. The number of amidine groups is 4. The third kappa shape index (κ3) is 23.5. The molecule has 0 unspecified atom stereocenters. The number of hydrogen-bond donors (Lipinski definition) is 5. The zero-order chi connectivity index (χ0) is 88.9. The molecule has 8 aliphatic rings. The Bertz CT molecular complexity index is 5370. The minimum absolute atomic E-state index is 0.0134. The van der Waals surface area contributed by atoms with Crippen LogP contribution in [-0.2, 0) is 33.4 Å². The molecule has 24 nitrogen and oxygen atoms in total. The van der Waals surface area contributed by atoms with Crippen molar-refractivity contribution in [1.82, 2.24) is 60.8 Å². The van der Waals surface area contributed by atoms with Gasteiger partial charge in [-0.05, 0) is 85.8 Å². The molecule has 0 spiro atoms. The first kappa shape index (κ1) is 93.6. The van der Waals surface area contributed by atoms with Crippen LogP contribution in [0.3, 0.4) is 0 Å². The third-order valence-electron chi connectivity index (χ3n) is 20.5. The van der Waals surface area contributed by atoms with Crippen LogP contribution >= 0.6 is 100 Å². The number of benzene rings is 4. The number of carbonyl (C=O) groups excluding carboxylic acids is 4. The number of thiazole rings is 4. The molecule has 16 rings (SSSR count). The van der Waals surface area contributed by atoms with Crippen LogP contribution in [0.2, 0.25) is 10.0 Å².